The molecule has 19 heavy (non-hydrogen) atoms. The number of benzene rings is 1. The smallest absolute Gasteiger partial charge is 0.154 e. The Hall–Kier alpha value is -0.580. The maximum absolute atomic E-state index is 12.0. The molecule has 1 N–H and O–H groups in total. The second-order valence-electron chi connectivity index (χ2n) is 5.56. The minimum Gasteiger partial charge on any atom is -0.312 e. The van der Waals surface area contributed by atoms with E-state index >= 15 is 0 Å². The zero-order chi connectivity index (χ0) is 15.0. The highest BCUT2D eigenvalue weighted by atomic mass is 35.5. The Labute approximate surface area is 121 Å². The molecular weight excluding hydrogens is 282 g/mol. The number of nitrogens with one attached hydrogen (secondary N) is 1. The van der Waals surface area contributed by atoms with Gasteiger partial charge in [0.25, 0.3) is 0 Å². The van der Waals surface area contributed by atoms with E-state index in [1.54, 1.807) is 20.9 Å². The molecular formula is C14H22ClNO2S. The zero-order valence-corrected chi connectivity index (χ0v) is 13.9. The average Bonchev–Trinajstić information content (AvgIpc) is 2.24. The van der Waals surface area contributed by atoms with Crippen molar-refractivity contribution in [3.63, 3.8) is 0 Å². The Morgan fingerprint density at radius 1 is 1.21 bits per heavy atom. The first-order chi connectivity index (χ1) is 8.52. The first kappa shape index (κ1) is 16.5. The van der Waals surface area contributed by atoms with Gasteiger partial charge in [-0.1, -0.05) is 17.7 Å². The first-order valence-corrected chi connectivity index (χ1v) is 8.42. The predicted molar refractivity (Wildman–Crippen MR) is 81.6 cm³/mol. The molecule has 1 aromatic carbocycles. The summed E-state index contributed by atoms with van der Waals surface area (Å²) in [6.45, 7) is 7.36. The summed E-state index contributed by atoms with van der Waals surface area (Å²) in [5.74, 6) is 0. The standard InChI is InChI=1S/C14H22ClNO2S/c1-9-8-12(15)10(2)7-11(9)13(16-5)14(3,4)19(6,17)18/h7-8,13,16H,1-6H3. The zero-order valence-electron chi connectivity index (χ0n) is 12.3. The molecule has 3 nitrogen and oxygen atoms in total. The summed E-state index contributed by atoms with van der Waals surface area (Å²) in [6.07, 6.45) is 1.27. The molecule has 1 unspecified atom stereocenters. The van der Waals surface area contributed by atoms with E-state index in [0.717, 1.165) is 16.7 Å². The molecule has 0 spiro atoms. The molecule has 0 aliphatic carbocycles. The Balaban J connectivity index is 3.45. The van der Waals surface area contributed by atoms with Gasteiger partial charge in [0, 0.05) is 11.3 Å². The molecule has 0 aliphatic rings. The monoisotopic (exact) mass is 303 g/mol. The summed E-state index contributed by atoms with van der Waals surface area (Å²) in [7, 11) is -1.42. The highest BCUT2D eigenvalue weighted by Gasteiger charge is 2.39. The van der Waals surface area contributed by atoms with E-state index in [-0.39, 0.29) is 6.04 Å². The minimum absolute atomic E-state index is 0.279. The second-order valence-corrected chi connectivity index (χ2v) is 8.56. The van der Waals surface area contributed by atoms with Crippen molar-refractivity contribution in [1.29, 1.82) is 0 Å². The Bertz CT molecular complexity index is 579. The Morgan fingerprint density at radius 2 is 1.74 bits per heavy atom. The van der Waals surface area contributed by atoms with E-state index in [0.29, 0.717) is 5.02 Å². The molecule has 108 valence electrons. The van der Waals surface area contributed by atoms with Gasteiger partial charge in [-0.2, -0.15) is 0 Å². The number of hydrogen-bond donors (Lipinski definition) is 1. The van der Waals surface area contributed by atoms with Gasteiger partial charge in [0.15, 0.2) is 9.84 Å². The van der Waals surface area contributed by atoms with E-state index < -0.39 is 14.6 Å². The Kier molecular flexibility index (Phi) is 4.71. The largest absolute Gasteiger partial charge is 0.312 e. The lowest BCUT2D eigenvalue weighted by molar-refractivity contribution is 0.444. The van der Waals surface area contributed by atoms with Crippen molar-refractivity contribution in [3.8, 4) is 0 Å². The SMILES string of the molecule is CNC(c1cc(C)c(Cl)cc1C)C(C)(C)S(C)(=O)=O. The molecule has 1 atom stereocenters. The van der Waals surface area contributed by atoms with Crippen LogP contribution in [0.5, 0.6) is 0 Å². The third-order valence-electron chi connectivity index (χ3n) is 3.80. The van der Waals surface area contributed by atoms with Crippen molar-refractivity contribution in [2.75, 3.05) is 13.3 Å². The lowest BCUT2D eigenvalue weighted by atomic mass is 9.91. The molecule has 0 saturated heterocycles. The van der Waals surface area contributed by atoms with Gasteiger partial charge in [0.1, 0.15) is 0 Å². The normalized spacial score (nSPS) is 14.5. The fraction of sp³-hybridized carbons (Fsp3) is 0.571. The van der Waals surface area contributed by atoms with Gasteiger partial charge in [-0.3, -0.25) is 0 Å². The van der Waals surface area contributed by atoms with Gasteiger partial charge in [0.2, 0.25) is 0 Å². The quantitative estimate of drug-likeness (QED) is 0.930. The van der Waals surface area contributed by atoms with E-state index in [1.807, 2.05) is 26.0 Å². The molecule has 0 aliphatic heterocycles. The summed E-state index contributed by atoms with van der Waals surface area (Å²) in [5, 5.41) is 3.83. The molecule has 1 rings (SSSR count). The lowest BCUT2D eigenvalue weighted by Crippen LogP contribution is -2.44. The van der Waals surface area contributed by atoms with Gasteiger partial charge in [-0.25, -0.2) is 8.42 Å². The van der Waals surface area contributed by atoms with Gasteiger partial charge in [-0.05, 0) is 57.5 Å². The topological polar surface area (TPSA) is 46.2 Å². The maximum atomic E-state index is 12.0. The number of halogens is 1. The van der Waals surface area contributed by atoms with Gasteiger partial charge in [0.05, 0.1) is 10.8 Å². The summed E-state index contributed by atoms with van der Waals surface area (Å²) in [6, 6.07) is 3.57. The van der Waals surface area contributed by atoms with Gasteiger partial charge >= 0.3 is 0 Å². The molecule has 0 amide bonds. The average molecular weight is 304 g/mol. The van der Waals surface area contributed by atoms with Crippen LogP contribution in [0.25, 0.3) is 0 Å². The van der Waals surface area contributed by atoms with Crippen molar-refractivity contribution in [1.82, 2.24) is 5.32 Å². The number of aryl methyl sites for hydroxylation is 2. The number of hydrogen-bond acceptors (Lipinski definition) is 3. The van der Waals surface area contributed by atoms with Crippen LogP contribution in [-0.4, -0.2) is 26.5 Å². The Morgan fingerprint density at radius 3 is 2.16 bits per heavy atom. The molecule has 0 heterocycles. The fourth-order valence-corrected chi connectivity index (χ4v) is 3.10. The van der Waals surface area contributed by atoms with Crippen LogP contribution in [-0.2, 0) is 9.84 Å². The van der Waals surface area contributed by atoms with E-state index in [9.17, 15) is 8.42 Å². The lowest BCUT2D eigenvalue weighted by Gasteiger charge is -2.34. The maximum Gasteiger partial charge on any atom is 0.154 e. The summed E-state index contributed by atoms with van der Waals surface area (Å²) in [4.78, 5) is 0. The van der Waals surface area contributed by atoms with Gasteiger partial charge < -0.3 is 5.32 Å². The third kappa shape index (κ3) is 3.12. The summed E-state index contributed by atoms with van der Waals surface area (Å²) < 4.78 is 23.2. The predicted octanol–water partition coefficient (Wildman–Crippen LogP) is 3.04. The summed E-state index contributed by atoms with van der Waals surface area (Å²) >= 11 is 6.10. The van der Waals surface area contributed by atoms with E-state index in [2.05, 4.69) is 5.32 Å². The van der Waals surface area contributed by atoms with E-state index in [1.165, 1.54) is 6.26 Å². The minimum atomic E-state index is -3.20. The highest BCUT2D eigenvalue weighted by molar-refractivity contribution is 7.92. The van der Waals surface area contributed by atoms with Crippen molar-refractivity contribution >= 4 is 21.4 Å². The van der Waals surface area contributed by atoms with Gasteiger partial charge in [-0.15, -0.1) is 0 Å². The number of sulfone groups is 1. The van der Waals surface area contributed by atoms with Crippen LogP contribution in [0.15, 0.2) is 12.1 Å². The van der Waals surface area contributed by atoms with Crippen molar-refractivity contribution in [3.05, 3.63) is 33.8 Å². The van der Waals surface area contributed by atoms with Crippen LogP contribution in [0.4, 0.5) is 0 Å². The first-order valence-electron chi connectivity index (χ1n) is 6.16. The van der Waals surface area contributed by atoms with Crippen LogP contribution in [0.1, 0.15) is 36.6 Å². The summed E-state index contributed by atoms with van der Waals surface area (Å²) in [5.41, 5.74) is 2.92. The molecule has 1 aromatic rings. The van der Waals surface area contributed by atoms with Crippen molar-refractivity contribution < 1.29 is 8.42 Å². The van der Waals surface area contributed by atoms with E-state index in [4.69, 9.17) is 11.6 Å². The van der Waals surface area contributed by atoms with Crippen LogP contribution in [0.3, 0.4) is 0 Å². The molecule has 5 heteroatoms. The highest BCUT2D eigenvalue weighted by Crippen LogP contribution is 2.35. The van der Waals surface area contributed by atoms with Crippen molar-refractivity contribution in [2.45, 2.75) is 38.5 Å². The molecule has 0 saturated carbocycles. The molecule has 0 radical (unpaired) electrons. The molecule has 0 fully saturated rings. The van der Waals surface area contributed by atoms with Crippen LogP contribution < -0.4 is 5.32 Å². The van der Waals surface area contributed by atoms with Crippen LogP contribution in [0.2, 0.25) is 5.02 Å². The van der Waals surface area contributed by atoms with Crippen molar-refractivity contribution in [2.24, 2.45) is 0 Å². The second kappa shape index (κ2) is 5.43. The molecule has 0 aromatic heterocycles. The fourth-order valence-electron chi connectivity index (χ4n) is 2.21. The van der Waals surface area contributed by atoms with Crippen LogP contribution in [0, 0.1) is 13.8 Å². The third-order valence-corrected chi connectivity index (χ3v) is 6.35. The molecule has 0 bridgehead atoms. The van der Waals surface area contributed by atoms with Crippen LogP contribution >= 0.6 is 11.6 Å². The number of rotatable bonds is 4.